The summed E-state index contributed by atoms with van der Waals surface area (Å²) in [4.78, 5) is 37.2. The van der Waals surface area contributed by atoms with E-state index in [2.05, 4.69) is 24.6 Å². The van der Waals surface area contributed by atoms with Crippen molar-refractivity contribution in [1.29, 1.82) is 0 Å². The van der Waals surface area contributed by atoms with Crippen LogP contribution >= 0.6 is 0 Å². The van der Waals surface area contributed by atoms with E-state index in [1.54, 1.807) is 20.8 Å². The van der Waals surface area contributed by atoms with E-state index in [4.69, 9.17) is 14.2 Å². The van der Waals surface area contributed by atoms with Gasteiger partial charge in [0, 0.05) is 53.0 Å². The van der Waals surface area contributed by atoms with Gasteiger partial charge in [-0.25, -0.2) is 14.4 Å². The van der Waals surface area contributed by atoms with Crippen LogP contribution < -0.4 is 4.90 Å². The van der Waals surface area contributed by atoms with E-state index >= 15 is 0 Å². The molecule has 0 saturated heterocycles. The fourth-order valence-corrected chi connectivity index (χ4v) is 4.04. The highest BCUT2D eigenvalue weighted by Gasteiger charge is 2.14. The highest BCUT2D eigenvalue weighted by Crippen LogP contribution is 2.35. The van der Waals surface area contributed by atoms with E-state index in [1.165, 1.54) is 0 Å². The molecule has 7 nitrogen and oxygen atoms in total. The van der Waals surface area contributed by atoms with E-state index < -0.39 is 17.9 Å². The van der Waals surface area contributed by atoms with E-state index in [-0.39, 0.29) is 19.8 Å². The second-order valence-electron chi connectivity index (χ2n) is 10.3. The van der Waals surface area contributed by atoms with Crippen LogP contribution in [0.1, 0.15) is 37.5 Å². The largest absolute Gasteiger partial charge is 0.462 e. The molecule has 0 amide bonds. The van der Waals surface area contributed by atoms with Gasteiger partial charge in [-0.15, -0.1) is 0 Å². The van der Waals surface area contributed by atoms with Crippen molar-refractivity contribution in [3.63, 3.8) is 0 Å². The SMILES string of the molecule is C=C(C)C(=O)OCCc1ccc(N(c2ccc(CCOC(=O)C(=C)C)cc2)c2ccc(CCOC(=O)C(=C)C)cc2)cc1. The molecule has 43 heavy (non-hydrogen) atoms. The van der Waals surface area contributed by atoms with Gasteiger partial charge in [-0.05, 0) is 73.9 Å². The first-order valence-electron chi connectivity index (χ1n) is 14.1. The summed E-state index contributed by atoms with van der Waals surface area (Å²) in [6.45, 7) is 16.5. The smallest absolute Gasteiger partial charge is 0.333 e. The van der Waals surface area contributed by atoms with Crippen LogP contribution in [0.3, 0.4) is 0 Å². The summed E-state index contributed by atoms with van der Waals surface area (Å²) >= 11 is 0. The molecule has 0 saturated carbocycles. The van der Waals surface area contributed by atoms with Crippen molar-refractivity contribution in [1.82, 2.24) is 0 Å². The van der Waals surface area contributed by atoms with Gasteiger partial charge in [0.1, 0.15) is 0 Å². The first-order chi connectivity index (χ1) is 20.5. The van der Waals surface area contributed by atoms with Gasteiger partial charge in [0.2, 0.25) is 0 Å². The van der Waals surface area contributed by atoms with Crippen LogP contribution in [-0.2, 0) is 47.9 Å². The molecule has 0 spiro atoms. The molecule has 0 unspecified atom stereocenters. The van der Waals surface area contributed by atoms with E-state index in [9.17, 15) is 14.4 Å². The van der Waals surface area contributed by atoms with Gasteiger partial charge in [0.05, 0.1) is 19.8 Å². The Hall–Kier alpha value is -4.91. The van der Waals surface area contributed by atoms with Gasteiger partial charge in [0.25, 0.3) is 0 Å². The highest BCUT2D eigenvalue weighted by atomic mass is 16.5. The topological polar surface area (TPSA) is 82.1 Å². The first-order valence-corrected chi connectivity index (χ1v) is 14.1. The molecule has 0 aliphatic carbocycles. The van der Waals surface area contributed by atoms with Gasteiger partial charge < -0.3 is 19.1 Å². The third-order valence-corrected chi connectivity index (χ3v) is 6.50. The third kappa shape index (κ3) is 10.1. The van der Waals surface area contributed by atoms with E-state index in [0.717, 1.165) is 33.8 Å². The number of anilines is 3. The molecule has 0 heterocycles. The average molecular weight is 582 g/mol. The van der Waals surface area contributed by atoms with Gasteiger partial charge in [-0.2, -0.15) is 0 Å². The Labute approximate surface area is 254 Å². The van der Waals surface area contributed by atoms with Crippen molar-refractivity contribution in [3.8, 4) is 0 Å². The lowest BCUT2D eigenvalue weighted by molar-refractivity contribution is -0.139. The maximum atomic E-state index is 11.7. The lowest BCUT2D eigenvalue weighted by atomic mass is 10.1. The maximum absolute atomic E-state index is 11.7. The molecule has 0 fully saturated rings. The van der Waals surface area contributed by atoms with E-state index in [1.807, 2.05) is 72.8 Å². The summed E-state index contributed by atoms with van der Waals surface area (Å²) in [6, 6.07) is 24.3. The van der Waals surface area contributed by atoms with Crippen LogP contribution in [-0.4, -0.2) is 37.7 Å². The summed E-state index contributed by atoms with van der Waals surface area (Å²) in [7, 11) is 0. The van der Waals surface area contributed by atoms with Gasteiger partial charge in [-0.3, -0.25) is 0 Å². The third-order valence-electron chi connectivity index (χ3n) is 6.50. The Morgan fingerprint density at radius 2 is 0.721 bits per heavy atom. The Morgan fingerprint density at radius 3 is 0.930 bits per heavy atom. The molecule has 0 radical (unpaired) electrons. The quantitative estimate of drug-likeness (QED) is 0.107. The molecule has 0 aliphatic rings. The minimum Gasteiger partial charge on any atom is -0.462 e. The van der Waals surface area contributed by atoms with Crippen molar-refractivity contribution in [2.75, 3.05) is 24.7 Å². The Morgan fingerprint density at radius 1 is 0.488 bits per heavy atom. The Bertz CT molecular complexity index is 1270. The van der Waals surface area contributed by atoms with Crippen LogP contribution in [0.2, 0.25) is 0 Å². The molecule has 3 rings (SSSR count). The number of benzene rings is 3. The average Bonchev–Trinajstić information content (AvgIpc) is 2.99. The minimum atomic E-state index is -0.391. The van der Waals surface area contributed by atoms with Crippen LogP contribution in [0.25, 0.3) is 0 Å². The zero-order chi connectivity index (χ0) is 31.4. The number of nitrogens with zero attached hydrogens (tertiary/aromatic N) is 1. The molecule has 0 bridgehead atoms. The lowest BCUT2D eigenvalue weighted by Gasteiger charge is -2.26. The zero-order valence-corrected chi connectivity index (χ0v) is 25.2. The molecule has 3 aromatic carbocycles. The zero-order valence-electron chi connectivity index (χ0n) is 25.2. The van der Waals surface area contributed by atoms with Crippen molar-refractivity contribution in [3.05, 3.63) is 126 Å². The van der Waals surface area contributed by atoms with Crippen LogP contribution in [0.4, 0.5) is 17.1 Å². The van der Waals surface area contributed by atoms with Gasteiger partial charge in [0.15, 0.2) is 0 Å². The Balaban J connectivity index is 1.78. The van der Waals surface area contributed by atoms with Crippen molar-refractivity contribution < 1.29 is 28.6 Å². The molecule has 0 aliphatic heterocycles. The first kappa shape index (κ1) is 32.6. The maximum Gasteiger partial charge on any atom is 0.333 e. The molecular weight excluding hydrogens is 542 g/mol. The predicted octanol–water partition coefficient (Wildman–Crippen LogP) is 7.14. The van der Waals surface area contributed by atoms with Crippen molar-refractivity contribution in [2.24, 2.45) is 0 Å². The number of esters is 3. The number of hydrogen-bond acceptors (Lipinski definition) is 7. The predicted molar refractivity (Wildman–Crippen MR) is 170 cm³/mol. The lowest BCUT2D eigenvalue weighted by Crippen LogP contribution is -2.11. The molecule has 3 aromatic rings. The van der Waals surface area contributed by atoms with Crippen molar-refractivity contribution >= 4 is 35.0 Å². The second kappa shape index (κ2) is 15.9. The highest BCUT2D eigenvalue weighted by molar-refractivity contribution is 5.87. The molecule has 224 valence electrons. The molecule has 7 heteroatoms. The molecule has 0 atom stereocenters. The fraction of sp³-hybridized carbons (Fsp3) is 0.250. The summed E-state index contributed by atoms with van der Waals surface area (Å²) in [5.41, 5.74) is 7.11. The standard InChI is InChI=1S/C36H39NO6/c1-25(2)34(38)41-22-19-28-7-13-31(14-8-28)37(32-15-9-29(10-16-32)20-23-42-35(39)26(3)4)33-17-11-30(12-18-33)21-24-43-36(40)27(5)6/h7-18H,1,3,5,19-24H2,2,4,6H3. The number of carbonyl (C=O) groups excluding carboxylic acids is 3. The minimum absolute atomic E-state index is 0.279. The van der Waals surface area contributed by atoms with Crippen LogP contribution in [0.5, 0.6) is 0 Å². The Kier molecular flexibility index (Phi) is 12.1. The van der Waals surface area contributed by atoms with Crippen molar-refractivity contribution in [2.45, 2.75) is 40.0 Å². The number of hydrogen-bond donors (Lipinski definition) is 0. The summed E-state index contributed by atoms with van der Waals surface area (Å²) in [5.74, 6) is -1.17. The molecule has 0 aromatic heterocycles. The number of carbonyl (C=O) groups is 3. The summed E-state index contributed by atoms with van der Waals surface area (Å²) < 4.78 is 15.7. The summed E-state index contributed by atoms with van der Waals surface area (Å²) in [5, 5.41) is 0. The van der Waals surface area contributed by atoms with Gasteiger partial charge >= 0.3 is 17.9 Å². The fourth-order valence-electron chi connectivity index (χ4n) is 4.04. The van der Waals surface area contributed by atoms with E-state index in [0.29, 0.717) is 36.0 Å². The van der Waals surface area contributed by atoms with Crippen LogP contribution in [0, 0.1) is 0 Å². The second-order valence-corrected chi connectivity index (χ2v) is 10.3. The molecular formula is C36H39NO6. The molecule has 0 N–H and O–H groups in total. The monoisotopic (exact) mass is 581 g/mol. The normalized spacial score (nSPS) is 10.4. The number of rotatable bonds is 15. The van der Waals surface area contributed by atoms with Crippen LogP contribution in [0.15, 0.2) is 109 Å². The summed E-state index contributed by atoms with van der Waals surface area (Å²) in [6.07, 6.45) is 1.78. The van der Waals surface area contributed by atoms with Gasteiger partial charge in [-0.1, -0.05) is 56.1 Å². The number of ether oxygens (including phenoxy) is 3.